The first-order valence-corrected chi connectivity index (χ1v) is 10.8. The van der Waals surface area contributed by atoms with Crippen molar-refractivity contribution in [3.8, 4) is 22.9 Å². The predicted octanol–water partition coefficient (Wildman–Crippen LogP) is 6.48. The maximum absolute atomic E-state index is 6.01. The summed E-state index contributed by atoms with van der Waals surface area (Å²) in [6.07, 6.45) is 0.893. The minimum Gasteiger partial charge on any atom is -0.497 e. The molecule has 160 valence electrons. The van der Waals surface area contributed by atoms with Crippen LogP contribution in [0.1, 0.15) is 32.8 Å². The van der Waals surface area contributed by atoms with Gasteiger partial charge in [0.15, 0.2) is 0 Å². The summed E-state index contributed by atoms with van der Waals surface area (Å²) in [4.78, 5) is 4.89. The summed E-state index contributed by atoms with van der Waals surface area (Å²) in [5.74, 6) is 2.73. The maximum atomic E-state index is 6.01. The SMILES string of the molecule is COc1ccc(-c2nc3ccccc3n2CCCOc2ccc(C(C)(C)C)cc2)cc1. The Balaban J connectivity index is 1.47. The van der Waals surface area contributed by atoms with Gasteiger partial charge in [0.25, 0.3) is 0 Å². The van der Waals surface area contributed by atoms with Crippen LogP contribution in [-0.2, 0) is 12.0 Å². The van der Waals surface area contributed by atoms with Crippen molar-refractivity contribution in [1.82, 2.24) is 9.55 Å². The lowest BCUT2D eigenvalue weighted by molar-refractivity contribution is 0.302. The highest BCUT2D eigenvalue weighted by Gasteiger charge is 2.14. The molecule has 0 atom stereocenters. The van der Waals surface area contributed by atoms with Gasteiger partial charge in [0.05, 0.1) is 24.8 Å². The van der Waals surface area contributed by atoms with E-state index in [4.69, 9.17) is 14.5 Å². The van der Waals surface area contributed by atoms with Gasteiger partial charge < -0.3 is 14.0 Å². The third kappa shape index (κ3) is 4.74. The number of hydrogen-bond donors (Lipinski definition) is 0. The van der Waals surface area contributed by atoms with Crippen LogP contribution in [0.15, 0.2) is 72.8 Å². The van der Waals surface area contributed by atoms with Crippen molar-refractivity contribution in [2.75, 3.05) is 13.7 Å². The minimum atomic E-state index is 0.152. The molecule has 4 nitrogen and oxygen atoms in total. The van der Waals surface area contributed by atoms with Gasteiger partial charge >= 0.3 is 0 Å². The Kier molecular flexibility index (Phi) is 5.99. The van der Waals surface area contributed by atoms with Gasteiger partial charge in [-0.1, -0.05) is 45.0 Å². The molecule has 0 aliphatic heterocycles. The summed E-state index contributed by atoms with van der Waals surface area (Å²) in [7, 11) is 1.68. The van der Waals surface area contributed by atoms with E-state index in [-0.39, 0.29) is 5.41 Å². The van der Waals surface area contributed by atoms with E-state index >= 15 is 0 Å². The Hall–Kier alpha value is -3.27. The van der Waals surface area contributed by atoms with Crippen LogP contribution in [0.2, 0.25) is 0 Å². The number of para-hydroxylation sites is 2. The van der Waals surface area contributed by atoms with Gasteiger partial charge in [-0.25, -0.2) is 4.98 Å². The zero-order chi connectivity index (χ0) is 21.8. The van der Waals surface area contributed by atoms with Crippen LogP contribution in [0.4, 0.5) is 0 Å². The lowest BCUT2D eigenvalue weighted by Gasteiger charge is -2.19. The average Bonchev–Trinajstić information content (AvgIpc) is 3.15. The number of benzene rings is 3. The van der Waals surface area contributed by atoms with E-state index in [1.165, 1.54) is 5.56 Å². The summed E-state index contributed by atoms with van der Waals surface area (Å²) in [6.45, 7) is 8.15. The molecule has 0 aliphatic carbocycles. The molecule has 0 saturated heterocycles. The van der Waals surface area contributed by atoms with Crippen molar-refractivity contribution in [3.63, 3.8) is 0 Å². The quantitative estimate of drug-likeness (QED) is 0.325. The average molecular weight is 415 g/mol. The number of rotatable bonds is 7. The molecule has 3 aromatic carbocycles. The Labute approximate surface area is 184 Å². The van der Waals surface area contributed by atoms with Crippen LogP contribution in [0.3, 0.4) is 0 Å². The van der Waals surface area contributed by atoms with Gasteiger partial charge in [-0.3, -0.25) is 0 Å². The summed E-state index contributed by atoms with van der Waals surface area (Å²) in [5, 5.41) is 0. The van der Waals surface area contributed by atoms with Crippen LogP contribution in [0, 0.1) is 0 Å². The lowest BCUT2D eigenvalue weighted by atomic mass is 9.87. The summed E-state index contributed by atoms with van der Waals surface area (Å²) in [6, 6.07) is 24.8. The second-order valence-corrected chi connectivity index (χ2v) is 8.78. The molecule has 0 bridgehead atoms. The molecule has 0 unspecified atom stereocenters. The Morgan fingerprint density at radius 3 is 2.19 bits per heavy atom. The van der Waals surface area contributed by atoms with Crippen molar-refractivity contribution in [1.29, 1.82) is 0 Å². The zero-order valence-corrected chi connectivity index (χ0v) is 18.8. The van der Waals surface area contributed by atoms with Gasteiger partial charge in [-0.15, -0.1) is 0 Å². The molecule has 0 amide bonds. The number of ether oxygens (including phenoxy) is 2. The van der Waals surface area contributed by atoms with Gasteiger partial charge in [-0.2, -0.15) is 0 Å². The Morgan fingerprint density at radius 1 is 0.839 bits per heavy atom. The highest BCUT2D eigenvalue weighted by atomic mass is 16.5. The maximum Gasteiger partial charge on any atom is 0.141 e. The van der Waals surface area contributed by atoms with E-state index in [1.54, 1.807) is 7.11 Å². The normalized spacial score (nSPS) is 11.6. The van der Waals surface area contributed by atoms with Crippen LogP contribution in [0.25, 0.3) is 22.4 Å². The van der Waals surface area contributed by atoms with Crippen molar-refractivity contribution in [2.24, 2.45) is 0 Å². The number of methoxy groups -OCH3 is 1. The van der Waals surface area contributed by atoms with E-state index in [9.17, 15) is 0 Å². The van der Waals surface area contributed by atoms with Crippen LogP contribution in [-0.4, -0.2) is 23.3 Å². The molecule has 1 heterocycles. The summed E-state index contributed by atoms with van der Waals surface area (Å²) in [5.41, 5.74) is 4.69. The topological polar surface area (TPSA) is 36.3 Å². The second kappa shape index (κ2) is 8.84. The Bertz CT molecular complexity index is 1140. The van der Waals surface area contributed by atoms with E-state index in [0.717, 1.165) is 46.9 Å². The third-order valence-corrected chi connectivity index (χ3v) is 5.52. The fraction of sp³-hybridized carbons (Fsp3) is 0.296. The first-order chi connectivity index (χ1) is 15.0. The number of aryl methyl sites for hydroxylation is 1. The minimum absolute atomic E-state index is 0.152. The molecule has 0 N–H and O–H groups in total. The van der Waals surface area contributed by atoms with Gasteiger partial charge in [0.2, 0.25) is 0 Å². The summed E-state index contributed by atoms with van der Waals surface area (Å²) >= 11 is 0. The smallest absolute Gasteiger partial charge is 0.141 e. The van der Waals surface area contributed by atoms with Crippen molar-refractivity contribution < 1.29 is 9.47 Å². The summed E-state index contributed by atoms with van der Waals surface area (Å²) < 4.78 is 13.6. The highest BCUT2D eigenvalue weighted by molar-refractivity contribution is 5.80. The molecular weight excluding hydrogens is 384 g/mol. The molecule has 0 saturated carbocycles. The van der Waals surface area contributed by atoms with Crippen molar-refractivity contribution in [3.05, 3.63) is 78.4 Å². The molecule has 1 aromatic heterocycles. The molecule has 4 rings (SSSR count). The highest BCUT2D eigenvalue weighted by Crippen LogP contribution is 2.27. The van der Waals surface area contributed by atoms with Gasteiger partial charge in [0.1, 0.15) is 17.3 Å². The fourth-order valence-corrected chi connectivity index (χ4v) is 3.73. The standard InChI is InChI=1S/C27H30N2O2/c1-27(2,3)21-12-16-23(17-13-21)31-19-7-18-29-25-9-6-5-8-24(25)28-26(29)20-10-14-22(30-4)15-11-20/h5-6,8-17H,7,18-19H2,1-4H3. The van der Waals surface area contributed by atoms with Gasteiger partial charge in [-0.05, 0) is 65.9 Å². The van der Waals surface area contributed by atoms with Crippen LogP contribution >= 0.6 is 0 Å². The molecular formula is C27H30N2O2. The molecule has 0 aliphatic rings. The number of hydrogen-bond acceptors (Lipinski definition) is 3. The first-order valence-electron chi connectivity index (χ1n) is 10.8. The molecule has 4 heteroatoms. The Morgan fingerprint density at radius 2 is 1.52 bits per heavy atom. The molecule has 0 spiro atoms. The van der Waals surface area contributed by atoms with E-state index in [0.29, 0.717) is 6.61 Å². The fourth-order valence-electron chi connectivity index (χ4n) is 3.73. The second-order valence-electron chi connectivity index (χ2n) is 8.78. The van der Waals surface area contributed by atoms with Crippen LogP contribution in [0.5, 0.6) is 11.5 Å². The predicted molar refractivity (Wildman–Crippen MR) is 127 cm³/mol. The van der Waals surface area contributed by atoms with E-state index in [1.807, 2.05) is 18.2 Å². The van der Waals surface area contributed by atoms with E-state index in [2.05, 4.69) is 79.9 Å². The number of nitrogens with zero attached hydrogens (tertiary/aromatic N) is 2. The molecule has 31 heavy (non-hydrogen) atoms. The monoisotopic (exact) mass is 414 g/mol. The van der Waals surface area contributed by atoms with Crippen LogP contribution < -0.4 is 9.47 Å². The largest absolute Gasteiger partial charge is 0.497 e. The van der Waals surface area contributed by atoms with E-state index < -0.39 is 0 Å². The van der Waals surface area contributed by atoms with Crippen molar-refractivity contribution in [2.45, 2.75) is 39.2 Å². The number of imidazole rings is 1. The molecule has 0 fully saturated rings. The number of fused-ring (bicyclic) bond motifs is 1. The molecule has 4 aromatic rings. The number of aromatic nitrogens is 2. The van der Waals surface area contributed by atoms with Gasteiger partial charge in [0, 0.05) is 12.1 Å². The molecule has 0 radical (unpaired) electrons. The zero-order valence-electron chi connectivity index (χ0n) is 18.8. The third-order valence-electron chi connectivity index (χ3n) is 5.52. The first kappa shape index (κ1) is 21.0. The van der Waals surface area contributed by atoms with Crippen molar-refractivity contribution >= 4 is 11.0 Å². The lowest BCUT2D eigenvalue weighted by Crippen LogP contribution is -2.10.